The molecule has 0 aromatic heterocycles. The smallest absolute Gasteiger partial charge is 0.335 e. The first-order valence-electron chi connectivity index (χ1n) is 4.08. The van der Waals surface area contributed by atoms with Gasteiger partial charge in [-0.05, 0) is 29.9 Å². The molecule has 0 unspecified atom stereocenters. The van der Waals surface area contributed by atoms with Gasteiger partial charge in [-0.3, -0.25) is 0 Å². The number of hydrogen-bond acceptors (Lipinski definition) is 2. The van der Waals surface area contributed by atoms with E-state index in [0.29, 0.717) is 11.7 Å². The summed E-state index contributed by atoms with van der Waals surface area (Å²) in [4.78, 5) is 10.7. The summed E-state index contributed by atoms with van der Waals surface area (Å²) >= 11 is 4.92. The lowest BCUT2D eigenvalue weighted by Crippen LogP contribution is -2.33. The van der Waals surface area contributed by atoms with Gasteiger partial charge < -0.3 is 15.7 Å². The van der Waals surface area contributed by atoms with Crippen LogP contribution in [-0.4, -0.2) is 16.2 Å². The van der Waals surface area contributed by atoms with Crippen LogP contribution in [0.3, 0.4) is 0 Å². The zero-order chi connectivity index (χ0) is 10.1. The number of fused-ring (bicyclic) bond motifs is 1. The van der Waals surface area contributed by atoms with Crippen molar-refractivity contribution in [1.82, 2.24) is 5.32 Å². The van der Waals surface area contributed by atoms with E-state index in [0.717, 1.165) is 11.3 Å². The van der Waals surface area contributed by atoms with Gasteiger partial charge in [0.1, 0.15) is 0 Å². The molecule has 5 heteroatoms. The van der Waals surface area contributed by atoms with E-state index in [-0.39, 0.29) is 5.56 Å². The summed E-state index contributed by atoms with van der Waals surface area (Å²) in [5.41, 5.74) is 2.05. The highest BCUT2D eigenvalue weighted by molar-refractivity contribution is 7.80. The quantitative estimate of drug-likeness (QED) is 0.605. The van der Waals surface area contributed by atoms with E-state index < -0.39 is 5.97 Å². The van der Waals surface area contributed by atoms with Crippen LogP contribution < -0.4 is 10.6 Å². The maximum absolute atomic E-state index is 10.7. The molecule has 1 heterocycles. The monoisotopic (exact) mass is 208 g/mol. The van der Waals surface area contributed by atoms with Gasteiger partial charge in [-0.1, -0.05) is 6.07 Å². The van der Waals surface area contributed by atoms with Gasteiger partial charge in [-0.2, -0.15) is 0 Å². The van der Waals surface area contributed by atoms with E-state index in [1.54, 1.807) is 18.2 Å². The summed E-state index contributed by atoms with van der Waals surface area (Å²) in [6.45, 7) is 0.640. The molecule has 0 atom stereocenters. The Morgan fingerprint density at radius 1 is 1.50 bits per heavy atom. The second-order valence-corrected chi connectivity index (χ2v) is 3.39. The molecule has 0 fully saturated rings. The number of thiocarbonyl (C=S) groups is 1. The number of anilines is 1. The van der Waals surface area contributed by atoms with Gasteiger partial charge in [0, 0.05) is 12.2 Å². The molecule has 1 aliphatic rings. The molecule has 1 aromatic carbocycles. The predicted molar refractivity (Wildman–Crippen MR) is 56.5 cm³/mol. The van der Waals surface area contributed by atoms with Crippen LogP contribution in [0.5, 0.6) is 0 Å². The topological polar surface area (TPSA) is 61.4 Å². The fourth-order valence-corrected chi connectivity index (χ4v) is 1.50. The Morgan fingerprint density at radius 2 is 2.29 bits per heavy atom. The van der Waals surface area contributed by atoms with Crippen molar-refractivity contribution in [2.45, 2.75) is 6.54 Å². The van der Waals surface area contributed by atoms with Gasteiger partial charge in [0.2, 0.25) is 0 Å². The fraction of sp³-hybridized carbons (Fsp3) is 0.111. The highest BCUT2D eigenvalue weighted by atomic mass is 32.1. The van der Waals surface area contributed by atoms with Crippen LogP contribution in [0.2, 0.25) is 0 Å². The molecule has 0 aliphatic carbocycles. The molecular weight excluding hydrogens is 200 g/mol. The van der Waals surface area contributed by atoms with Gasteiger partial charge in [0.05, 0.1) is 5.56 Å². The van der Waals surface area contributed by atoms with Crippen LogP contribution in [0, 0.1) is 0 Å². The van der Waals surface area contributed by atoms with Crippen LogP contribution in [0.4, 0.5) is 5.69 Å². The van der Waals surface area contributed by atoms with E-state index in [1.807, 2.05) is 0 Å². The van der Waals surface area contributed by atoms with Crippen molar-refractivity contribution in [3.05, 3.63) is 29.3 Å². The lowest BCUT2D eigenvalue weighted by molar-refractivity contribution is 0.0697. The van der Waals surface area contributed by atoms with Gasteiger partial charge in [0.15, 0.2) is 5.11 Å². The molecule has 0 radical (unpaired) electrons. The third kappa shape index (κ3) is 1.54. The predicted octanol–water partition coefficient (Wildman–Crippen LogP) is 1.18. The van der Waals surface area contributed by atoms with Gasteiger partial charge in [-0.25, -0.2) is 4.79 Å². The van der Waals surface area contributed by atoms with Crippen molar-refractivity contribution >= 4 is 29.0 Å². The summed E-state index contributed by atoms with van der Waals surface area (Å²) in [6, 6.07) is 4.95. The van der Waals surface area contributed by atoms with Gasteiger partial charge in [-0.15, -0.1) is 0 Å². The first-order chi connectivity index (χ1) is 6.66. The second-order valence-electron chi connectivity index (χ2n) is 2.98. The normalized spacial score (nSPS) is 13.9. The molecule has 0 saturated carbocycles. The maximum atomic E-state index is 10.7. The van der Waals surface area contributed by atoms with Crippen LogP contribution in [0.15, 0.2) is 18.2 Å². The maximum Gasteiger partial charge on any atom is 0.335 e. The van der Waals surface area contributed by atoms with Crippen molar-refractivity contribution in [2.75, 3.05) is 5.32 Å². The molecule has 14 heavy (non-hydrogen) atoms. The molecule has 3 N–H and O–H groups in total. The number of aromatic carboxylic acids is 1. The van der Waals surface area contributed by atoms with Crippen molar-refractivity contribution in [3.63, 3.8) is 0 Å². The van der Waals surface area contributed by atoms with Crippen molar-refractivity contribution < 1.29 is 9.90 Å². The molecule has 72 valence electrons. The molecule has 2 rings (SSSR count). The largest absolute Gasteiger partial charge is 0.478 e. The molecule has 0 bridgehead atoms. The lowest BCUT2D eigenvalue weighted by Gasteiger charge is -2.20. The van der Waals surface area contributed by atoms with E-state index in [1.165, 1.54) is 0 Å². The summed E-state index contributed by atoms with van der Waals surface area (Å²) in [6.07, 6.45) is 0. The Balaban J connectivity index is 2.42. The first kappa shape index (κ1) is 8.96. The summed E-state index contributed by atoms with van der Waals surface area (Å²) in [7, 11) is 0. The average Bonchev–Trinajstić information content (AvgIpc) is 2.16. The Hall–Kier alpha value is -1.62. The molecule has 0 saturated heterocycles. The Bertz CT molecular complexity index is 417. The van der Waals surface area contributed by atoms with Crippen LogP contribution in [-0.2, 0) is 6.54 Å². The summed E-state index contributed by atoms with van der Waals surface area (Å²) in [5.74, 6) is -0.931. The van der Waals surface area contributed by atoms with Crippen LogP contribution in [0.1, 0.15) is 15.9 Å². The number of rotatable bonds is 1. The van der Waals surface area contributed by atoms with Crippen molar-refractivity contribution in [1.29, 1.82) is 0 Å². The number of carboxylic acid groups (broad SMARTS) is 1. The zero-order valence-corrected chi connectivity index (χ0v) is 8.02. The van der Waals surface area contributed by atoms with Gasteiger partial charge >= 0.3 is 5.97 Å². The SMILES string of the molecule is O=C(O)c1ccc2c(c1)NC(=S)NC2. The standard InChI is InChI=1S/C9H8N2O2S/c12-8(13)5-1-2-6-4-10-9(14)11-7(6)3-5/h1-3H,4H2,(H,12,13)(H2,10,11,14). The molecule has 1 aliphatic heterocycles. The summed E-state index contributed by atoms with van der Waals surface area (Å²) in [5, 5.41) is 15.2. The Kier molecular flexibility index (Phi) is 2.09. The van der Waals surface area contributed by atoms with Crippen LogP contribution >= 0.6 is 12.2 Å². The molecule has 0 spiro atoms. The average molecular weight is 208 g/mol. The van der Waals surface area contributed by atoms with Gasteiger partial charge in [0.25, 0.3) is 0 Å². The third-order valence-electron chi connectivity index (χ3n) is 2.04. The van der Waals surface area contributed by atoms with Crippen molar-refractivity contribution in [2.24, 2.45) is 0 Å². The van der Waals surface area contributed by atoms with E-state index in [4.69, 9.17) is 17.3 Å². The molecule has 1 aromatic rings. The Labute approximate surface area is 85.9 Å². The lowest BCUT2D eigenvalue weighted by atomic mass is 10.1. The zero-order valence-electron chi connectivity index (χ0n) is 7.20. The van der Waals surface area contributed by atoms with Crippen LogP contribution in [0.25, 0.3) is 0 Å². The number of carboxylic acids is 1. The second kappa shape index (κ2) is 3.26. The molecular formula is C9H8N2O2S. The van der Waals surface area contributed by atoms with E-state index in [9.17, 15) is 4.79 Å². The highest BCUT2D eigenvalue weighted by Gasteiger charge is 2.13. The number of benzene rings is 1. The first-order valence-corrected chi connectivity index (χ1v) is 4.49. The number of nitrogens with one attached hydrogen (secondary N) is 2. The van der Waals surface area contributed by atoms with Crippen molar-refractivity contribution in [3.8, 4) is 0 Å². The minimum absolute atomic E-state index is 0.265. The number of hydrogen-bond donors (Lipinski definition) is 3. The third-order valence-corrected chi connectivity index (χ3v) is 2.29. The fourth-order valence-electron chi connectivity index (χ4n) is 1.32. The van der Waals surface area contributed by atoms with E-state index in [2.05, 4.69) is 10.6 Å². The Morgan fingerprint density at radius 3 is 3.00 bits per heavy atom. The minimum atomic E-state index is -0.931. The number of carbonyl (C=O) groups is 1. The summed E-state index contributed by atoms with van der Waals surface area (Å²) < 4.78 is 0. The minimum Gasteiger partial charge on any atom is -0.478 e. The molecule has 4 nitrogen and oxygen atoms in total. The highest BCUT2D eigenvalue weighted by Crippen LogP contribution is 2.20. The molecule has 0 amide bonds. The van der Waals surface area contributed by atoms with E-state index >= 15 is 0 Å².